The van der Waals surface area contributed by atoms with E-state index in [0.717, 1.165) is 34.7 Å². The minimum absolute atomic E-state index is 0.0357. The average Bonchev–Trinajstić information content (AvgIpc) is 3.26. The summed E-state index contributed by atoms with van der Waals surface area (Å²) < 4.78 is 2.29. The van der Waals surface area contributed by atoms with Crippen molar-refractivity contribution >= 4 is 29.4 Å². The average molecular weight is 432 g/mol. The van der Waals surface area contributed by atoms with Crippen LogP contribution in [0.1, 0.15) is 41.9 Å². The van der Waals surface area contributed by atoms with E-state index >= 15 is 0 Å². The lowest BCUT2D eigenvalue weighted by atomic mass is 10.1. The first kappa shape index (κ1) is 21.3. The van der Waals surface area contributed by atoms with Gasteiger partial charge in [0.15, 0.2) is 5.50 Å². The molecule has 0 unspecified atom stereocenters. The van der Waals surface area contributed by atoms with Crippen molar-refractivity contribution in [2.45, 2.75) is 46.0 Å². The summed E-state index contributed by atoms with van der Waals surface area (Å²) in [4.78, 5) is 13.3. The van der Waals surface area contributed by atoms with Crippen LogP contribution < -0.4 is 10.6 Å². The molecule has 1 atom stereocenters. The number of carbonyl (C=O) groups is 1. The van der Waals surface area contributed by atoms with Crippen LogP contribution in [0.25, 0.3) is 11.8 Å². The van der Waals surface area contributed by atoms with Crippen LogP contribution in [0.15, 0.2) is 59.5 Å². The summed E-state index contributed by atoms with van der Waals surface area (Å²) in [5.41, 5.74) is 8.05. The number of hydrogen-bond acceptors (Lipinski definition) is 3. The summed E-state index contributed by atoms with van der Waals surface area (Å²) >= 11 is 1.53. The third kappa shape index (κ3) is 4.42. The van der Waals surface area contributed by atoms with Crippen molar-refractivity contribution < 1.29 is 4.79 Å². The maximum absolute atomic E-state index is 12.6. The van der Waals surface area contributed by atoms with Crippen molar-refractivity contribution in [1.82, 2.24) is 9.88 Å². The van der Waals surface area contributed by atoms with Crippen molar-refractivity contribution in [2.24, 2.45) is 0 Å². The number of anilines is 1. The Morgan fingerprint density at radius 1 is 1.06 bits per heavy atom. The van der Waals surface area contributed by atoms with Crippen molar-refractivity contribution in [1.29, 1.82) is 0 Å². The van der Waals surface area contributed by atoms with Gasteiger partial charge in [0, 0.05) is 22.8 Å². The summed E-state index contributed by atoms with van der Waals surface area (Å²) in [7, 11) is 0. The van der Waals surface area contributed by atoms with Crippen LogP contribution in [0, 0.1) is 13.8 Å². The van der Waals surface area contributed by atoms with E-state index in [1.165, 1.54) is 34.3 Å². The highest BCUT2D eigenvalue weighted by Gasteiger charge is 2.27. The molecule has 1 amide bonds. The standard InChI is InChI=1S/C26H29N3OS/c1-5-19-11-13-22(14-12-19)27-26-28-25(30)24(31-26)16-21-15-17(3)29(18(21)4)23-10-8-7-9-20(23)6-2/h7-16,26-27H,5-6H2,1-4H3,(H,28,30)/b24-16-/t26-/m1/s1. The fourth-order valence-electron chi connectivity index (χ4n) is 4.03. The molecule has 1 aliphatic rings. The molecule has 0 aliphatic carbocycles. The van der Waals surface area contributed by atoms with Gasteiger partial charge in [-0.25, -0.2) is 0 Å². The van der Waals surface area contributed by atoms with Crippen molar-refractivity contribution in [2.75, 3.05) is 5.32 Å². The van der Waals surface area contributed by atoms with Gasteiger partial charge in [-0.05, 0) is 73.7 Å². The van der Waals surface area contributed by atoms with E-state index in [1.54, 1.807) is 0 Å². The topological polar surface area (TPSA) is 46.1 Å². The maximum atomic E-state index is 12.6. The van der Waals surface area contributed by atoms with Crippen LogP contribution in [-0.4, -0.2) is 16.0 Å². The van der Waals surface area contributed by atoms with E-state index < -0.39 is 0 Å². The Morgan fingerprint density at radius 2 is 1.81 bits per heavy atom. The number of carbonyl (C=O) groups excluding carboxylic acids is 1. The van der Waals surface area contributed by atoms with Crippen LogP contribution in [0.3, 0.4) is 0 Å². The normalized spacial score (nSPS) is 17.2. The fourth-order valence-corrected chi connectivity index (χ4v) is 5.00. The molecule has 4 nitrogen and oxygen atoms in total. The monoisotopic (exact) mass is 431 g/mol. The minimum Gasteiger partial charge on any atom is -0.357 e. The summed E-state index contributed by atoms with van der Waals surface area (Å²) in [6, 6.07) is 19.0. The number of para-hydroxylation sites is 1. The SMILES string of the molecule is CCc1ccc(N[C@@H]2NC(=O)/C(=C/c3cc(C)n(-c4ccccc4CC)c3C)S2)cc1. The molecule has 0 saturated carbocycles. The summed E-state index contributed by atoms with van der Waals surface area (Å²) in [6.07, 6.45) is 4.01. The minimum atomic E-state index is -0.171. The van der Waals surface area contributed by atoms with Crippen molar-refractivity contribution in [3.8, 4) is 5.69 Å². The summed E-state index contributed by atoms with van der Waals surface area (Å²) in [6.45, 7) is 8.56. The number of rotatable bonds is 6. The van der Waals surface area contributed by atoms with Gasteiger partial charge in [-0.15, -0.1) is 0 Å². The summed E-state index contributed by atoms with van der Waals surface area (Å²) in [5, 5.41) is 6.43. The zero-order valence-corrected chi connectivity index (χ0v) is 19.3. The highest BCUT2D eigenvalue weighted by Crippen LogP contribution is 2.32. The van der Waals surface area contributed by atoms with E-state index in [4.69, 9.17) is 0 Å². The number of nitrogens with one attached hydrogen (secondary N) is 2. The molecule has 0 spiro atoms. The van der Waals surface area contributed by atoms with Crippen LogP contribution in [-0.2, 0) is 17.6 Å². The molecular weight excluding hydrogens is 402 g/mol. The number of nitrogens with zero attached hydrogens (tertiary/aromatic N) is 1. The highest BCUT2D eigenvalue weighted by atomic mass is 32.2. The molecule has 2 heterocycles. The van der Waals surface area contributed by atoms with Crippen LogP contribution in [0.4, 0.5) is 5.69 Å². The third-order valence-electron chi connectivity index (χ3n) is 5.76. The predicted octanol–water partition coefficient (Wildman–Crippen LogP) is 5.82. The molecule has 160 valence electrons. The predicted molar refractivity (Wildman–Crippen MR) is 132 cm³/mol. The van der Waals surface area contributed by atoms with Gasteiger partial charge in [-0.2, -0.15) is 0 Å². The smallest absolute Gasteiger partial charge is 0.260 e. The van der Waals surface area contributed by atoms with Gasteiger partial charge in [0.05, 0.1) is 4.91 Å². The lowest BCUT2D eigenvalue weighted by Crippen LogP contribution is -2.30. The Hall–Kier alpha value is -2.92. The van der Waals surface area contributed by atoms with Gasteiger partial charge in [-0.3, -0.25) is 4.79 Å². The van der Waals surface area contributed by atoms with E-state index in [0.29, 0.717) is 0 Å². The van der Waals surface area contributed by atoms with E-state index in [-0.39, 0.29) is 11.4 Å². The molecule has 2 aromatic carbocycles. The van der Waals surface area contributed by atoms with Crippen molar-refractivity contribution in [3.63, 3.8) is 0 Å². The Morgan fingerprint density at radius 3 is 2.52 bits per heavy atom. The molecule has 31 heavy (non-hydrogen) atoms. The molecule has 1 aliphatic heterocycles. The maximum Gasteiger partial charge on any atom is 0.260 e. The Kier molecular flexibility index (Phi) is 6.23. The Labute approximate surface area is 188 Å². The molecule has 1 saturated heterocycles. The van der Waals surface area contributed by atoms with Crippen LogP contribution >= 0.6 is 11.8 Å². The first-order chi connectivity index (χ1) is 15.0. The molecule has 2 N–H and O–H groups in total. The van der Waals surface area contributed by atoms with Gasteiger partial charge in [0.1, 0.15) is 0 Å². The quantitative estimate of drug-likeness (QED) is 0.484. The van der Waals surface area contributed by atoms with E-state index in [2.05, 4.69) is 97.5 Å². The molecule has 3 aromatic rings. The summed E-state index contributed by atoms with van der Waals surface area (Å²) in [5.74, 6) is -0.0357. The molecule has 0 bridgehead atoms. The first-order valence-corrected chi connectivity index (χ1v) is 11.7. The van der Waals surface area contributed by atoms with Crippen LogP contribution in [0.5, 0.6) is 0 Å². The van der Waals surface area contributed by atoms with Crippen LogP contribution in [0.2, 0.25) is 0 Å². The Bertz CT molecular complexity index is 1130. The molecular formula is C26H29N3OS. The largest absolute Gasteiger partial charge is 0.357 e. The fraction of sp³-hybridized carbons (Fsp3) is 0.269. The Balaban J connectivity index is 1.57. The zero-order chi connectivity index (χ0) is 22.0. The molecule has 4 rings (SSSR count). The first-order valence-electron chi connectivity index (χ1n) is 10.8. The number of aromatic nitrogens is 1. The zero-order valence-electron chi connectivity index (χ0n) is 18.5. The molecule has 1 fully saturated rings. The highest BCUT2D eigenvalue weighted by molar-refractivity contribution is 8.05. The number of hydrogen-bond donors (Lipinski definition) is 2. The lowest BCUT2D eigenvalue weighted by molar-refractivity contribution is -0.116. The van der Waals surface area contributed by atoms with E-state index in [9.17, 15) is 4.79 Å². The number of benzene rings is 2. The number of aryl methyl sites for hydroxylation is 3. The second-order valence-corrected chi connectivity index (χ2v) is 8.97. The van der Waals surface area contributed by atoms with Crippen molar-refractivity contribution in [3.05, 3.63) is 87.6 Å². The second-order valence-electron chi connectivity index (χ2n) is 7.82. The molecule has 0 radical (unpaired) electrons. The van der Waals surface area contributed by atoms with Gasteiger partial charge in [0.25, 0.3) is 5.91 Å². The molecule has 1 aromatic heterocycles. The third-order valence-corrected chi connectivity index (χ3v) is 6.79. The molecule has 5 heteroatoms. The van der Waals surface area contributed by atoms with Gasteiger partial charge < -0.3 is 15.2 Å². The van der Waals surface area contributed by atoms with Gasteiger partial charge in [-0.1, -0.05) is 55.9 Å². The lowest BCUT2D eigenvalue weighted by Gasteiger charge is -2.14. The number of amides is 1. The second kappa shape index (κ2) is 9.06. The van der Waals surface area contributed by atoms with Gasteiger partial charge in [0.2, 0.25) is 0 Å². The van der Waals surface area contributed by atoms with Gasteiger partial charge >= 0.3 is 0 Å². The van der Waals surface area contributed by atoms with E-state index in [1.807, 2.05) is 6.08 Å². The number of thioether (sulfide) groups is 1.